The number of ether oxygens (including phenoxy) is 3. The molecule has 0 unspecified atom stereocenters. The number of hydrogen-bond acceptors (Lipinski definition) is 5. The fourth-order valence-electron chi connectivity index (χ4n) is 3.03. The summed E-state index contributed by atoms with van der Waals surface area (Å²) in [4.78, 5) is 27.0. The van der Waals surface area contributed by atoms with E-state index in [9.17, 15) is 9.59 Å². The molecule has 3 aromatic rings. The lowest BCUT2D eigenvalue weighted by Crippen LogP contribution is -2.07. The van der Waals surface area contributed by atoms with Crippen molar-refractivity contribution in [1.82, 2.24) is 4.98 Å². The van der Waals surface area contributed by atoms with Crippen LogP contribution in [0.3, 0.4) is 0 Å². The molecule has 3 rings (SSSR count). The number of carbonyl (C=O) groups excluding carboxylic acids is 2. The van der Waals surface area contributed by atoms with Crippen molar-refractivity contribution < 1.29 is 23.8 Å². The van der Waals surface area contributed by atoms with Gasteiger partial charge in [0.05, 0.1) is 12.7 Å². The molecule has 0 fully saturated rings. The molecule has 0 saturated heterocycles. The lowest BCUT2D eigenvalue weighted by atomic mass is 10.0. The van der Waals surface area contributed by atoms with Crippen molar-refractivity contribution in [2.45, 2.75) is 33.8 Å². The zero-order valence-electron chi connectivity index (χ0n) is 16.4. The number of rotatable bonds is 6. The molecule has 1 heterocycles. The first-order valence-corrected chi connectivity index (χ1v) is 9.17. The Balaban J connectivity index is 2.14. The van der Waals surface area contributed by atoms with Crippen molar-refractivity contribution in [3.8, 4) is 22.6 Å². The minimum Gasteiger partial charge on any atom is -0.491 e. The Kier molecular flexibility index (Phi) is 5.68. The number of carbonyl (C=O) groups is 2. The van der Waals surface area contributed by atoms with Crippen molar-refractivity contribution in [2.75, 3.05) is 6.61 Å². The van der Waals surface area contributed by atoms with Gasteiger partial charge < -0.3 is 19.2 Å². The third-order valence-electron chi connectivity index (χ3n) is 4.03. The van der Waals surface area contributed by atoms with Gasteiger partial charge in [-0.3, -0.25) is 4.79 Å². The molecule has 0 spiro atoms. The van der Waals surface area contributed by atoms with E-state index >= 15 is 0 Å². The smallest absolute Gasteiger partial charge is 0.355 e. The molecule has 0 aliphatic rings. The average molecular weight is 381 g/mol. The van der Waals surface area contributed by atoms with Crippen LogP contribution in [0.5, 0.6) is 11.5 Å². The van der Waals surface area contributed by atoms with E-state index < -0.39 is 11.9 Å². The van der Waals surface area contributed by atoms with Crippen LogP contribution in [0, 0.1) is 0 Å². The molecule has 6 nitrogen and oxygen atoms in total. The first-order valence-electron chi connectivity index (χ1n) is 9.17. The second-order valence-corrected chi connectivity index (χ2v) is 6.59. The van der Waals surface area contributed by atoms with Crippen molar-refractivity contribution in [3.63, 3.8) is 0 Å². The van der Waals surface area contributed by atoms with Gasteiger partial charge in [-0.15, -0.1) is 0 Å². The number of esters is 2. The highest BCUT2D eigenvalue weighted by molar-refractivity contribution is 6.08. The van der Waals surface area contributed by atoms with E-state index in [1.807, 2.05) is 38.1 Å². The highest BCUT2D eigenvalue weighted by Gasteiger charge is 2.21. The van der Waals surface area contributed by atoms with E-state index in [0.717, 1.165) is 22.2 Å². The van der Waals surface area contributed by atoms with Crippen molar-refractivity contribution >= 4 is 22.8 Å². The molecular weight excluding hydrogens is 358 g/mol. The maximum Gasteiger partial charge on any atom is 0.355 e. The number of nitrogens with one attached hydrogen (secondary N) is 1. The van der Waals surface area contributed by atoms with Crippen LogP contribution in [-0.2, 0) is 9.53 Å². The minimum absolute atomic E-state index is 0.0697. The van der Waals surface area contributed by atoms with Crippen molar-refractivity contribution in [3.05, 3.63) is 48.2 Å². The van der Waals surface area contributed by atoms with Crippen LogP contribution in [0.15, 0.2) is 42.5 Å². The summed E-state index contributed by atoms with van der Waals surface area (Å²) >= 11 is 0. The Morgan fingerprint density at radius 1 is 1.04 bits per heavy atom. The maximum absolute atomic E-state index is 12.5. The maximum atomic E-state index is 12.5. The predicted molar refractivity (Wildman–Crippen MR) is 107 cm³/mol. The van der Waals surface area contributed by atoms with E-state index in [2.05, 4.69) is 4.98 Å². The summed E-state index contributed by atoms with van der Waals surface area (Å²) < 4.78 is 16.1. The molecular formula is C22H23NO5. The molecule has 0 atom stereocenters. The number of H-pyrrole nitrogens is 1. The Hall–Kier alpha value is -3.28. The molecule has 1 N–H and O–H groups in total. The standard InChI is InChI=1S/C22H23NO5/c1-5-26-22(25)21-20(15-6-8-16(9-7-15)27-13(2)3)18-12-17(28-14(4)24)10-11-19(18)23-21/h6-13,23H,5H2,1-4H3. The second kappa shape index (κ2) is 8.17. The monoisotopic (exact) mass is 381 g/mol. The molecule has 1 aromatic heterocycles. The SMILES string of the molecule is CCOC(=O)c1[nH]c2ccc(OC(C)=O)cc2c1-c1ccc(OC(C)C)cc1. The number of hydrogen-bond donors (Lipinski definition) is 1. The normalized spacial score (nSPS) is 10.9. The third-order valence-corrected chi connectivity index (χ3v) is 4.03. The predicted octanol–water partition coefficient (Wildman–Crippen LogP) is 4.72. The van der Waals surface area contributed by atoms with Crippen LogP contribution in [0.25, 0.3) is 22.0 Å². The van der Waals surface area contributed by atoms with Crippen LogP contribution < -0.4 is 9.47 Å². The molecule has 0 saturated carbocycles. The number of fused-ring (bicyclic) bond motifs is 1. The summed E-state index contributed by atoms with van der Waals surface area (Å²) in [6.45, 7) is 7.30. The van der Waals surface area contributed by atoms with Gasteiger partial charge >= 0.3 is 11.9 Å². The number of benzene rings is 2. The topological polar surface area (TPSA) is 77.6 Å². The van der Waals surface area contributed by atoms with E-state index in [1.165, 1.54) is 6.92 Å². The first kappa shape index (κ1) is 19.5. The van der Waals surface area contributed by atoms with Gasteiger partial charge in [-0.1, -0.05) is 12.1 Å². The molecule has 0 radical (unpaired) electrons. The molecule has 2 aromatic carbocycles. The Morgan fingerprint density at radius 3 is 2.32 bits per heavy atom. The summed E-state index contributed by atoms with van der Waals surface area (Å²) in [5.41, 5.74) is 2.62. The molecule has 0 aliphatic heterocycles. The largest absolute Gasteiger partial charge is 0.491 e. The second-order valence-electron chi connectivity index (χ2n) is 6.59. The lowest BCUT2D eigenvalue weighted by molar-refractivity contribution is -0.131. The van der Waals surface area contributed by atoms with Gasteiger partial charge in [0.25, 0.3) is 0 Å². The van der Waals surface area contributed by atoms with Crippen LogP contribution in [0.4, 0.5) is 0 Å². The van der Waals surface area contributed by atoms with Gasteiger partial charge in [0, 0.05) is 23.4 Å². The zero-order chi connectivity index (χ0) is 20.3. The van der Waals surface area contributed by atoms with Crippen molar-refractivity contribution in [1.29, 1.82) is 0 Å². The highest BCUT2D eigenvalue weighted by Crippen LogP contribution is 2.36. The quantitative estimate of drug-likeness (QED) is 0.494. The molecule has 6 heteroatoms. The number of aromatic nitrogens is 1. The number of aromatic amines is 1. The van der Waals surface area contributed by atoms with Gasteiger partial charge in [-0.2, -0.15) is 0 Å². The summed E-state index contributed by atoms with van der Waals surface area (Å²) in [7, 11) is 0. The minimum atomic E-state index is -0.440. The summed E-state index contributed by atoms with van der Waals surface area (Å²) in [6, 6.07) is 12.7. The van der Waals surface area contributed by atoms with E-state index in [4.69, 9.17) is 14.2 Å². The Morgan fingerprint density at radius 2 is 1.71 bits per heavy atom. The summed E-state index contributed by atoms with van der Waals surface area (Å²) in [5.74, 6) is 0.315. The van der Waals surface area contributed by atoms with Crippen LogP contribution in [0.2, 0.25) is 0 Å². The Labute approximate surface area is 163 Å². The lowest BCUT2D eigenvalue weighted by Gasteiger charge is -2.11. The highest BCUT2D eigenvalue weighted by atomic mass is 16.5. The molecule has 0 amide bonds. The first-order chi connectivity index (χ1) is 13.4. The van der Waals surface area contributed by atoms with Crippen LogP contribution >= 0.6 is 0 Å². The van der Waals surface area contributed by atoms with Crippen molar-refractivity contribution in [2.24, 2.45) is 0 Å². The molecule has 146 valence electrons. The Bertz CT molecular complexity index is 1000. The van der Waals surface area contributed by atoms with E-state index in [-0.39, 0.29) is 12.7 Å². The van der Waals surface area contributed by atoms with Gasteiger partial charge in [0.2, 0.25) is 0 Å². The average Bonchev–Trinajstić information content (AvgIpc) is 3.00. The van der Waals surface area contributed by atoms with Gasteiger partial charge in [-0.25, -0.2) is 4.79 Å². The van der Waals surface area contributed by atoms with Gasteiger partial charge in [0.1, 0.15) is 17.2 Å². The van der Waals surface area contributed by atoms with Crippen LogP contribution in [0.1, 0.15) is 38.2 Å². The molecule has 0 bridgehead atoms. The van der Waals surface area contributed by atoms with Gasteiger partial charge in [0.15, 0.2) is 0 Å². The fraction of sp³-hybridized carbons (Fsp3) is 0.273. The summed E-state index contributed by atoms with van der Waals surface area (Å²) in [5, 5.41) is 0.763. The van der Waals surface area contributed by atoms with Crippen LogP contribution in [-0.4, -0.2) is 29.6 Å². The van der Waals surface area contributed by atoms with E-state index in [0.29, 0.717) is 17.0 Å². The zero-order valence-corrected chi connectivity index (χ0v) is 16.4. The van der Waals surface area contributed by atoms with Gasteiger partial charge in [-0.05, 0) is 56.7 Å². The molecule has 0 aliphatic carbocycles. The fourth-order valence-corrected chi connectivity index (χ4v) is 3.03. The van der Waals surface area contributed by atoms with E-state index in [1.54, 1.807) is 25.1 Å². The summed E-state index contributed by atoms with van der Waals surface area (Å²) in [6.07, 6.45) is 0.0697. The molecule has 28 heavy (non-hydrogen) atoms. The third kappa shape index (κ3) is 4.17.